The van der Waals surface area contributed by atoms with Crippen molar-refractivity contribution in [2.75, 3.05) is 12.4 Å². The second-order valence-electron chi connectivity index (χ2n) is 4.69. The molecule has 0 saturated carbocycles. The van der Waals surface area contributed by atoms with Crippen LogP contribution < -0.4 is 10.1 Å². The molecule has 1 N–H and O–H groups in total. The number of rotatable bonds is 5. The van der Waals surface area contributed by atoms with Crippen molar-refractivity contribution in [1.82, 2.24) is 0 Å². The lowest BCUT2D eigenvalue weighted by Crippen LogP contribution is -2.19. The zero-order valence-electron chi connectivity index (χ0n) is 11.5. The topological polar surface area (TPSA) is 21.3 Å². The van der Waals surface area contributed by atoms with E-state index in [0.29, 0.717) is 0 Å². The maximum Gasteiger partial charge on any atom is 0.124 e. The molecule has 4 heteroatoms. The van der Waals surface area contributed by atoms with Crippen LogP contribution in [0.5, 0.6) is 5.75 Å². The summed E-state index contributed by atoms with van der Waals surface area (Å²) < 4.78 is 19.3. The van der Waals surface area contributed by atoms with Gasteiger partial charge < -0.3 is 10.1 Å². The highest BCUT2D eigenvalue weighted by Crippen LogP contribution is 2.23. The first-order valence-electron chi connectivity index (χ1n) is 6.43. The molecule has 0 radical (unpaired) electrons. The molecule has 106 valence electrons. The SMILES string of the molecule is COc1ccccc1CC(C)Nc1ccc(F)cc1I. The molecule has 0 heterocycles. The van der Waals surface area contributed by atoms with Crippen LogP contribution in [0, 0.1) is 9.39 Å². The van der Waals surface area contributed by atoms with Crippen LogP contribution in [0.15, 0.2) is 42.5 Å². The maximum absolute atomic E-state index is 13.1. The lowest BCUT2D eigenvalue weighted by atomic mass is 10.1. The maximum atomic E-state index is 13.1. The number of nitrogens with one attached hydrogen (secondary N) is 1. The quantitative estimate of drug-likeness (QED) is 0.767. The highest BCUT2D eigenvalue weighted by atomic mass is 127. The molecule has 2 aromatic carbocycles. The number of hydrogen-bond donors (Lipinski definition) is 1. The van der Waals surface area contributed by atoms with Gasteiger partial charge in [0.2, 0.25) is 0 Å². The summed E-state index contributed by atoms with van der Waals surface area (Å²) in [6.07, 6.45) is 0.845. The van der Waals surface area contributed by atoms with E-state index in [9.17, 15) is 4.39 Å². The van der Waals surface area contributed by atoms with Gasteiger partial charge in [-0.3, -0.25) is 0 Å². The van der Waals surface area contributed by atoms with Crippen LogP contribution in [-0.4, -0.2) is 13.2 Å². The summed E-state index contributed by atoms with van der Waals surface area (Å²) in [6.45, 7) is 2.10. The van der Waals surface area contributed by atoms with Crippen LogP contribution in [0.3, 0.4) is 0 Å². The minimum absolute atomic E-state index is 0.211. The second kappa shape index (κ2) is 6.92. The van der Waals surface area contributed by atoms with Crippen LogP contribution in [0.1, 0.15) is 12.5 Å². The molecule has 0 aliphatic carbocycles. The number of ether oxygens (including phenoxy) is 1. The Morgan fingerprint density at radius 3 is 2.70 bits per heavy atom. The Hall–Kier alpha value is -1.30. The zero-order chi connectivity index (χ0) is 14.5. The van der Waals surface area contributed by atoms with Gasteiger partial charge in [0.1, 0.15) is 11.6 Å². The van der Waals surface area contributed by atoms with Gasteiger partial charge >= 0.3 is 0 Å². The van der Waals surface area contributed by atoms with Gasteiger partial charge in [-0.2, -0.15) is 0 Å². The summed E-state index contributed by atoms with van der Waals surface area (Å²) in [5.41, 5.74) is 2.11. The highest BCUT2D eigenvalue weighted by Gasteiger charge is 2.09. The summed E-state index contributed by atoms with van der Waals surface area (Å²) >= 11 is 2.14. The molecule has 0 aromatic heterocycles. The third-order valence-electron chi connectivity index (χ3n) is 3.05. The predicted octanol–water partition coefficient (Wildman–Crippen LogP) is 4.48. The van der Waals surface area contributed by atoms with E-state index in [1.165, 1.54) is 12.1 Å². The molecular weight excluding hydrogens is 368 g/mol. The van der Waals surface area contributed by atoms with Gasteiger partial charge in [-0.1, -0.05) is 18.2 Å². The van der Waals surface area contributed by atoms with Crippen molar-refractivity contribution in [3.63, 3.8) is 0 Å². The van der Waals surface area contributed by atoms with Gasteiger partial charge in [-0.05, 0) is 65.8 Å². The Balaban J connectivity index is 2.07. The van der Waals surface area contributed by atoms with Crippen LogP contribution >= 0.6 is 22.6 Å². The first-order valence-corrected chi connectivity index (χ1v) is 7.51. The third kappa shape index (κ3) is 3.85. The molecule has 2 rings (SSSR count). The van der Waals surface area contributed by atoms with Crippen molar-refractivity contribution in [2.45, 2.75) is 19.4 Å². The molecule has 2 nitrogen and oxygen atoms in total. The van der Waals surface area contributed by atoms with Crippen LogP contribution in [0.4, 0.5) is 10.1 Å². The molecule has 0 spiro atoms. The van der Waals surface area contributed by atoms with Crippen molar-refractivity contribution < 1.29 is 9.13 Å². The molecule has 0 amide bonds. The summed E-state index contributed by atoms with van der Waals surface area (Å²) in [7, 11) is 1.68. The first-order chi connectivity index (χ1) is 9.60. The van der Waals surface area contributed by atoms with Gasteiger partial charge in [0.15, 0.2) is 0 Å². The standard InChI is InChI=1S/C16H17FINO/c1-11(9-12-5-3-4-6-16(12)20-2)19-15-8-7-13(17)10-14(15)18/h3-8,10-11,19H,9H2,1-2H3. The number of methoxy groups -OCH3 is 1. The van der Waals surface area contributed by atoms with Crippen LogP contribution in [0.2, 0.25) is 0 Å². The number of anilines is 1. The Morgan fingerprint density at radius 1 is 1.25 bits per heavy atom. The molecule has 0 saturated heterocycles. The fourth-order valence-corrected chi connectivity index (χ4v) is 2.76. The summed E-state index contributed by atoms with van der Waals surface area (Å²) in [5.74, 6) is 0.687. The van der Waals surface area contributed by atoms with Crippen molar-refractivity contribution in [3.05, 3.63) is 57.4 Å². The molecule has 1 atom stereocenters. The average molecular weight is 385 g/mol. The predicted molar refractivity (Wildman–Crippen MR) is 88.9 cm³/mol. The number of hydrogen-bond acceptors (Lipinski definition) is 2. The summed E-state index contributed by atoms with van der Waals surface area (Å²) in [5, 5.41) is 3.41. The van der Waals surface area contributed by atoms with Crippen molar-refractivity contribution >= 4 is 28.3 Å². The van der Waals surface area contributed by atoms with Gasteiger partial charge in [-0.25, -0.2) is 4.39 Å². The Bertz CT molecular complexity index is 588. The second-order valence-corrected chi connectivity index (χ2v) is 5.85. The van der Waals surface area contributed by atoms with Gasteiger partial charge in [0, 0.05) is 15.3 Å². The van der Waals surface area contributed by atoms with Crippen LogP contribution in [-0.2, 0) is 6.42 Å². The van der Waals surface area contributed by atoms with Crippen molar-refractivity contribution in [3.8, 4) is 5.75 Å². The molecule has 20 heavy (non-hydrogen) atoms. The smallest absolute Gasteiger partial charge is 0.124 e. The molecule has 0 aliphatic rings. The lowest BCUT2D eigenvalue weighted by Gasteiger charge is -2.18. The normalized spacial score (nSPS) is 12.0. The monoisotopic (exact) mass is 385 g/mol. The minimum atomic E-state index is -0.211. The van der Waals surface area contributed by atoms with Gasteiger partial charge in [0.05, 0.1) is 7.11 Å². The fraction of sp³-hybridized carbons (Fsp3) is 0.250. The van der Waals surface area contributed by atoms with E-state index in [2.05, 4.69) is 40.9 Å². The van der Waals surface area contributed by atoms with E-state index >= 15 is 0 Å². The van der Waals surface area contributed by atoms with Crippen LogP contribution in [0.25, 0.3) is 0 Å². The van der Waals surface area contributed by atoms with Crippen molar-refractivity contribution in [1.29, 1.82) is 0 Å². The third-order valence-corrected chi connectivity index (χ3v) is 3.94. The number of para-hydroxylation sites is 1. The molecular formula is C16H17FINO. The van der Waals surface area contributed by atoms with Gasteiger partial charge in [-0.15, -0.1) is 0 Å². The van der Waals surface area contributed by atoms with E-state index in [1.807, 2.05) is 18.2 Å². The Morgan fingerprint density at radius 2 is 2.00 bits per heavy atom. The van der Waals surface area contributed by atoms with E-state index in [-0.39, 0.29) is 11.9 Å². The first kappa shape index (κ1) is 15.1. The Kier molecular flexibility index (Phi) is 5.23. The van der Waals surface area contributed by atoms with E-state index < -0.39 is 0 Å². The average Bonchev–Trinajstić information content (AvgIpc) is 2.42. The Labute approximate surface area is 132 Å². The largest absolute Gasteiger partial charge is 0.496 e. The fourth-order valence-electron chi connectivity index (χ4n) is 2.12. The lowest BCUT2D eigenvalue weighted by molar-refractivity contribution is 0.409. The van der Waals surface area contributed by atoms with Crippen molar-refractivity contribution in [2.24, 2.45) is 0 Å². The molecule has 2 aromatic rings. The molecule has 1 unspecified atom stereocenters. The van der Waals surface area contributed by atoms with E-state index in [1.54, 1.807) is 13.2 Å². The van der Waals surface area contributed by atoms with E-state index in [4.69, 9.17) is 4.74 Å². The highest BCUT2D eigenvalue weighted by molar-refractivity contribution is 14.1. The number of benzene rings is 2. The summed E-state index contributed by atoms with van der Waals surface area (Å²) in [4.78, 5) is 0. The van der Waals surface area contributed by atoms with Gasteiger partial charge in [0.25, 0.3) is 0 Å². The summed E-state index contributed by atoms with van der Waals surface area (Å²) in [6, 6.07) is 13.0. The molecule has 0 fully saturated rings. The van der Waals surface area contributed by atoms with E-state index in [0.717, 1.165) is 27.0 Å². The minimum Gasteiger partial charge on any atom is -0.496 e. The molecule has 0 aliphatic heterocycles. The zero-order valence-corrected chi connectivity index (χ0v) is 13.6. The number of halogens is 2. The molecule has 0 bridgehead atoms.